The molecule has 0 fully saturated rings. The Balaban J connectivity index is -0.000000139. The van der Waals surface area contributed by atoms with Crippen LogP contribution in [-0.2, 0) is 0 Å². The van der Waals surface area contributed by atoms with Crippen LogP contribution < -0.4 is 0 Å². The Bertz CT molecular complexity index is 381. The zero-order chi connectivity index (χ0) is 34.0. The highest BCUT2D eigenvalue weighted by molar-refractivity contribution is 4.64. The van der Waals surface area contributed by atoms with Gasteiger partial charge in [-0.15, -0.1) is 26.3 Å². The average Bonchev–Trinajstić information content (AvgIpc) is 3.00. The summed E-state index contributed by atoms with van der Waals surface area (Å²) < 4.78 is 0. The first kappa shape index (κ1) is 53.9. The molecule has 3 unspecified atom stereocenters. The van der Waals surface area contributed by atoms with Gasteiger partial charge in [-0.1, -0.05) is 178 Å². The fraction of sp³-hybridized carbons (Fsp3) is 0.900. The molecule has 2 heteroatoms. The number of hydrogen-bond donors (Lipinski definition) is 1. The Morgan fingerprint density at radius 1 is 0.500 bits per heavy atom. The van der Waals surface area contributed by atoms with Gasteiger partial charge in [0, 0.05) is 6.04 Å². The van der Waals surface area contributed by atoms with E-state index in [2.05, 4.69) is 93.8 Å². The van der Waals surface area contributed by atoms with Crippen molar-refractivity contribution in [3.63, 3.8) is 0 Å². The van der Waals surface area contributed by atoms with Crippen LogP contribution in [-0.4, -0.2) is 36.2 Å². The zero-order valence-electron chi connectivity index (χ0n) is 32.2. The van der Waals surface area contributed by atoms with E-state index in [1.165, 1.54) is 128 Å². The van der Waals surface area contributed by atoms with Gasteiger partial charge in [0.25, 0.3) is 0 Å². The highest BCUT2D eigenvalue weighted by atomic mass is 16.3. The van der Waals surface area contributed by atoms with Gasteiger partial charge in [-0.25, -0.2) is 0 Å². The summed E-state index contributed by atoms with van der Waals surface area (Å²) in [5, 5.41) is 8.99. The lowest BCUT2D eigenvalue weighted by Crippen LogP contribution is -2.26. The molecule has 2 nitrogen and oxygen atoms in total. The molecule has 0 saturated carbocycles. The Hall–Kier alpha value is -0.600. The standard InChI is InChI=1S/C22H47N.C7H16O.C5H12.C2H6.2C2H4/c1-5-7-8-9-10-11-12-13-14-15-16-17-18-19-20-21-22(6-2)23(3)4;1-5(2)6(3)7(4)8;1-3-5-4-2;3*1-2/h22H,5-21H2,1-4H3;5-8H,1-4H3;3-5H2,1-2H3;1-2H3;2*1-2H2. The van der Waals surface area contributed by atoms with Crippen molar-refractivity contribution in [2.75, 3.05) is 14.1 Å². The molecule has 42 heavy (non-hydrogen) atoms. The molecule has 0 aromatic heterocycles. The topological polar surface area (TPSA) is 23.5 Å². The van der Waals surface area contributed by atoms with Crippen LogP contribution in [0.2, 0.25) is 0 Å². The third-order valence-corrected chi connectivity index (χ3v) is 7.86. The summed E-state index contributed by atoms with van der Waals surface area (Å²) in [6.45, 7) is 33.2. The minimum atomic E-state index is -0.157. The SMILES string of the molecule is C=C.C=C.CC.CC(C)C(C)C(C)O.CCCCC.CCCCCCCCCCCCCCCCCC(CC)N(C)C. The Labute approximate surface area is 271 Å². The van der Waals surface area contributed by atoms with Crippen LogP contribution in [0.25, 0.3) is 0 Å². The lowest BCUT2D eigenvalue weighted by atomic mass is 9.93. The van der Waals surface area contributed by atoms with Gasteiger partial charge in [-0.3, -0.25) is 0 Å². The van der Waals surface area contributed by atoms with Crippen molar-refractivity contribution >= 4 is 0 Å². The van der Waals surface area contributed by atoms with E-state index in [-0.39, 0.29) is 6.10 Å². The number of nitrogens with zero attached hydrogens (tertiary/aromatic N) is 1. The van der Waals surface area contributed by atoms with E-state index in [9.17, 15) is 0 Å². The minimum Gasteiger partial charge on any atom is -0.393 e. The van der Waals surface area contributed by atoms with Gasteiger partial charge in [-0.2, -0.15) is 0 Å². The maximum Gasteiger partial charge on any atom is 0.0540 e. The van der Waals surface area contributed by atoms with E-state index < -0.39 is 0 Å². The van der Waals surface area contributed by atoms with Gasteiger partial charge in [0.1, 0.15) is 0 Å². The maximum absolute atomic E-state index is 8.99. The van der Waals surface area contributed by atoms with Crippen LogP contribution in [0.1, 0.15) is 198 Å². The summed E-state index contributed by atoms with van der Waals surface area (Å²) in [6.07, 6.45) is 28.5. The molecule has 0 saturated heterocycles. The smallest absolute Gasteiger partial charge is 0.0540 e. The number of hydrogen-bond acceptors (Lipinski definition) is 2. The molecule has 0 aromatic carbocycles. The molecule has 1 N–H and O–H groups in total. The zero-order valence-corrected chi connectivity index (χ0v) is 32.2. The highest BCUT2D eigenvalue weighted by Crippen LogP contribution is 2.15. The van der Waals surface area contributed by atoms with E-state index in [0.29, 0.717) is 11.8 Å². The molecule has 0 rings (SSSR count). The molecule has 0 heterocycles. The molecular formula is C40H89NO. The van der Waals surface area contributed by atoms with Crippen LogP contribution in [0.4, 0.5) is 0 Å². The van der Waals surface area contributed by atoms with Crippen LogP contribution in [0.5, 0.6) is 0 Å². The van der Waals surface area contributed by atoms with Crippen molar-refractivity contribution < 1.29 is 5.11 Å². The van der Waals surface area contributed by atoms with Crippen LogP contribution >= 0.6 is 0 Å². The molecule has 0 aliphatic rings. The van der Waals surface area contributed by atoms with Gasteiger partial charge in [0.2, 0.25) is 0 Å². The second-order valence-electron chi connectivity index (χ2n) is 12.0. The first-order valence-electron chi connectivity index (χ1n) is 18.5. The summed E-state index contributed by atoms with van der Waals surface area (Å²) >= 11 is 0. The Kier molecular flexibility index (Phi) is 68.0. The molecule has 3 atom stereocenters. The molecule has 0 spiro atoms. The van der Waals surface area contributed by atoms with Gasteiger partial charge >= 0.3 is 0 Å². The quantitative estimate of drug-likeness (QED) is 0.0988. The minimum absolute atomic E-state index is 0.157. The normalized spacial score (nSPS) is 12.0. The summed E-state index contributed by atoms with van der Waals surface area (Å²) in [4.78, 5) is 2.39. The van der Waals surface area contributed by atoms with Gasteiger partial charge in [-0.05, 0) is 45.7 Å². The predicted octanol–water partition coefficient (Wildman–Crippen LogP) is 14.1. The molecule has 260 valence electrons. The van der Waals surface area contributed by atoms with Crippen molar-refractivity contribution in [2.45, 2.75) is 210 Å². The van der Waals surface area contributed by atoms with E-state index in [4.69, 9.17) is 5.11 Å². The van der Waals surface area contributed by atoms with Gasteiger partial charge < -0.3 is 10.0 Å². The third-order valence-electron chi connectivity index (χ3n) is 7.86. The van der Waals surface area contributed by atoms with Crippen molar-refractivity contribution in [1.29, 1.82) is 0 Å². The second-order valence-corrected chi connectivity index (χ2v) is 12.0. The van der Waals surface area contributed by atoms with Gasteiger partial charge in [0.05, 0.1) is 6.10 Å². The highest BCUT2D eigenvalue weighted by Gasteiger charge is 2.11. The molecule has 0 aromatic rings. The fourth-order valence-corrected chi connectivity index (χ4v) is 4.49. The predicted molar refractivity (Wildman–Crippen MR) is 202 cm³/mol. The van der Waals surface area contributed by atoms with E-state index in [1.54, 1.807) is 0 Å². The molecule has 0 aliphatic carbocycles. The number of rotatable bonds is 22. The first-order chi connectivity index (χ1) is 20.2. The number of aliphatic hydroxyl groups is 1. The largest absolute Gasteiger partial charge is 0.393 e. The number of aliphatic hydroxyl groups excluding tert-OH is 1. The molecule has 0 aliphatic heterocycles. The summed E-state index contributed by atoms with van der Waals surface area (Å²) in [5.41, 5.74) is 0. The van der Waals surface area contributed by atoms with Crippen LogP contribution in [0.15, 0.2) is 26.3 Å². The average molecular weight is 600 g/mol. The molecule has 0 amide bonds. The molecule has 0 radical (unpaired) electrons. The molecular weight excluding hydrogens is 510 g/mol. The monoisotopic (exact) mass is 600 g/mol. The lowest BCUT2D eigenvalue weighted by molar-refractivity contribution is 0.109. The van der Waals surface area contributed by atoms with E-state index >= 15 is 0 Å². The van der Waals surface area contributed by atoms with Crippen molar-refractivity contribution in [3.05, 3.63) is 26.3 Å². The summed E-state index contributed by atoms with van der Waals surface area (Å²) in [7, 11) is 4.44. The summed E-state index contributed by atoms with van der Waals surface area (Å²) in [5.74, 6) is 1.02. The third kappa shape index (κ3) is 55.3. The Morgan fingerprint density at radius 2 is 0.786 bits per heavy atom. The first-order valence-corrected chi connectivity index (χ1v) is 18.5. The fourth-order valence-electron chi connectivity index (χ4n) is 4.49. The van der Waals surface area contributed by atoms with Gasteiger partial charge in [0.15, 0.2) is 0 Å². The lowest BCUT2D eigenvalue weighted by Gasteiger charge is -2.22. The van der Waals surface area contributed by atoms with Crippen LogP contribution in [0.3, 0.4) is 0 Å². The number of unbranched alkanes of at least 4 members (excludes halogenated alkanes) is 16. The van der Waals surface area contributed by atoms with Crippen molar-refractivity contribution in [1.82, 2.24) is 4.90 Å². The second kappa shape index (κ2) is 53.0. The summed E-state index contributed by atoms with van der Waals surface area (Å²) in [6, 6.07) is 0.803. The van der Waals surface area contributed by atoms with Crippen molar-refractivity contribution in [2.24, 2.45) is 11.8 Å². The maximum atomic E-state index is 8.99. The van der Waals surface area contributed by atoms with Crippen LogP contribution in [0, 0.1) is 11.8 Å². The molecule has 0 bridgehead atoms. The Morgan fingerprint density at radius 3 is 0.952 bits per heavy atom. The van der Waals surface area contributed by atoms with Crippen molar-refractivity contribution in [3.8, 4) is 0 Å². The van der Waals surface area contributed by atoms with E-state index in [0.717, 1.165) is 6.04 Å². The van der Waals surface area contributed by atoms with E-state index in [1.807, 2.05) is 20.8 Å².